The smallest absolute Gasteiger partial charge is 0.148 e. The molecule has 0 spiro atoms. The van der Waals surface area contributed by atoms with Gasteiger partial charge in [-0.15, -0.1) is 6.42 Å². The van der Waals surface area contributed by atoms with Crippen LogP contribution >= 0.6 is 11.6 Å². The molecule has 1 fully saturated rings. The lowest BCUT2D eigenvalue weighted by Gasteiger charge is -2.45. The molecule has 0 aliphatic heterocycles. The molecular formula is C21H22ClNO. The van der Waals surface area contributed by atoms with Crippen molar-refractivity contribution in [3.63, 3.8) is 0 Å². The lowest BCUT2D eigenvalue weighted by Crippen LogP contribution is -2.49. The second-order valence-corrected chi connectivity index (χ2v) is 6.81. The topological polar surface area (TPSA) is 21.3 Å². The highest BCUT2D eigenvalue weighted by atomic mass is 35.5. The van der Waals surface area contributed by atoms with E-state index in [0.717, 1.165) is 23.6 Å². The normalized spacial score (nSPS) is 16.7. The standard InChI is InChI=1S/C21H22ClNO/c1-3-13-24-20-10-4-7-17(14-20)16(2)23-21(11-6-12-21)18-8-5-9-19(22)15-18/h1,4-5,7-10,14-16,23H,6,11-13H2,2H3. The Morgan fingerprint density at radius 2 is 2.04 bits per heavy atom. The van der Waals surface area contributed by atoms with Crippen molar-refractivity contribution in [3.8, 4) is 18.1 Å². The quantitative estimate of drug-likeness (QED) is 0.741. The second kappa shape index (κ2) is 7.30. The van der Waals surface area contributed by atoms with E-state index in [1.54, 1.807) is 0 Å². The van der Waals surface area contributed by atoms with E-state index < -0.39 is 0 Å². The number of benzene rings is 2. The average Bonchev–Trinajstić information content (AvgIpc) is 2.56. The third-order valence-electron chi connectivity index (χ3n) is 4.76. The molecule has 1 aliphatic rings. The molecule has 3 heteroatoms. The van der Waals surface area contributed by atoms with Crippen LogP contribution in [0.4, 0.5) is 0 Å². The van der Waals surface area contributed by atoms with Gasteiger partial charge in [0, 0.05) is 16.6 Å². The summed E-state index contributed by atoms with van der Waals surface area (Å²) in [5, 5.41) is 4.61. The molecule has 1 unspecified atom stereocenters. The van der Waals surface area contributed by atoms with Gasteiger partial charge in [0.2, 0.25) is 0 Å². The van der Waals surface area contributed by atoms with E-state index in [9.17, 15) is 0 Å². The molecule has 124 valence electrons. The van der Waals surface area contributed by atoms with Crippen LogP contribution in [0.15, 0.2) is 48.5 Å². The van der Waals surface area contributed by atoms with E-state index in [1.165, 1.54) is 17.5 Å². The number of terminal acetylenes is 1. The van der Waals surface area contributed by atoms with Gasteiger partial charge in [0.1, 0.15) is 12.4 Å². The first kappa shape index (κ1) is 16.9. The number of hydrogen-bond donors (Lipinski definition) is 1. The molecule has 1 aliphatic carbocycles. The third kappa shape index (κ3) is 3.59. The summed E-state index contributed by atoms with van der Waals surface area (Å²) in [7, 11) is 0. The minimum Gasteiger partial charge on any atom is -0.481 e. The molecule has 2 aromatic rings. The summed E-state index contributed by atoms with van der Waals surface area (Å²) in [5.74, 6) is 3.31. The van der Waals surface area contributed by atoms with Gasteiger partial charge in [-0.25, -0.2) is 0 Å². The summed E-state index contributed by atoms with van der Waals surface area (Å²) >= 11 is 6.19. The van der Waals surface area contributed by atoms with E-state index in [0.29, 0.717) is 0 Å². The van der Waals surface area contributed by atoms with Crippen LogP contribution in [0.3, 0.4) is 0 Å². The van der Waals surface area contributed by atoms with Crippen LogP contribution in [0.2, 0.25) is 5.02 Å². The zero-order valence-electron chi connectivity index (χ0n) is 13.9. The van der Waals surface area contributed by atoms with Crippen LogP contribution in [0.1, 0.15) is 43.4 Å². The van der Waals surface area contributed by atoms with Gasteiger partial charge >= 0.3 is 0 Å². The average molecular weight is 340 g/mol. The fraction of sp³-hybridized carbons (Fsp3) is 0.333. The predicted octanol–water partition coefficient (Wildman–Crippen LogP) is 5.08. The second-order valence-electron chi connectivity index (χ2n) is 6.38. The summed E-state index contributed by atoms with van der Waals surface area (Å²) in [6.45, 7) is 2.47. The van der Waals surface area contributed by atoms with Crippen LogP contribution in [0.5, 0.6) is 5.75 Å². The molecule has 2 aromatic carbocycles. The highest BCUT2D eigenvalue weighted by molar-refractivity contribution is 6.30. The first-order valence-corrected chi connectivity index (χ1v) is 8.71. The molecule has 1 atom stereocenters. The van der Waals surface area contributed by atoms with Gasteiger partial charge in [0.05, 0.1) is 0 Å². The predicted molar refractivity (Wildman–Crippen MR) is 99.3 cm³/mol. The zero-order chi connectivity index (χ0) is 17.0. The molecule has 3 rings (SSSR count). The maximum absolute atomic E-state index is 6.19. The molecule has 1 N–H and O–H groups in total. The molecule has 1 saturated carbocycles. The molecule has 0 radical (unpaired) electrons. The maximum atomic E-state index is 6.19. The van der Waals surface area contributed by atoms with Crippen molar-refractivity contribution in [2.75, 3.05) is 6.61 Å². The maximum Gasteiger partial charge on any atom is 0.148 e. The van der Waals surface area contributed by atoms with Gasteiger partial charge in [-0.2, -0.15) is 0 Å². The Morgan fingerprint density at radius 1 is 1.25 bits per heavy atom. The van der Waals surface area contributed by atoms with E-state index in [1.807, 2.05) is 24.3 Å². The van der Waals surface area contributed by atoms with Crippen molar-refractivity contribution >= 4 is 11.6 Å². The van der Waals surface area contributed by atoms with E-state index >= 15 is 0 Å². The first-order valence-electron chi connectivity index (χ1n) is 8.33. The fourth-order valence-corrected chi connectivity index (χ4v) is 3.52. The Kier molecular flexibility index (Phi) is 5.14. The third-order valence-corrected chi connectivity index (χ3v) is 4.99. The summed E-state index contributed by atoms with van der Waals surface area (Å²) in [6.07, 6.45) is 8.76. The Hall–Kier alpha value is -1.95. The Bertz CT molecular complexity index is 745. The van der Waals surface area contributed by atoms with Gasteiger partial charge in [0.15, 0.2) is 0 Å². The molecule has 2 nitrogen and oxygen atoms in total. The van der Waals surface area contributed by atoms with Crippen LogP contribution in [-0.2, 0) is 5.54 Å². The van der Waals surface area contributed by atoms with Gasteiger partial charge in [-0.05, 0) is 61.6 Å². The summed E-state index contributed by atoms with van der Waals surface area (Å²) < 4.78 is 5.54. The largest absolute Gasteiger partial charge is 0.481 e. The highest BCUT2D eigenvalue weighted by Gasteiger charge is 2.39. The molecular weight excluding hydrogens is 318 g/mol. The van der Waals surface area contributed by atoms with Crippen LogP contribution < -0.4 is 10.1 Å². The van der Waals surface area contributed by atoms with Crippen molar-refractivity contribution in [1.29, 1.82) is 0 Å². The molecule has 0 aromatic heterocycles. The minimum absolute atomic E-state index is 0.0139. The number of halogens is 1. The van der Waals surface area contributed by atoms with E-state index in [-0.39, 0.29) is 18.2 Å². The van der Waals surface area contributed by atoms with Gasteiger partial charge in [-0.3, -0.25) is 0 Å². The van der Waals surface area contributed by atoms with Crippen molar-refractivity contribution < 1.29 is 4.74 Å². The van der Waals surface area contributed by atoms with Crippen molar-refractivity contribution in [2.45, 2.75) is 37.8 Å². The highest BCUT2D eigenvalue weighted by Crippen LogP contribution is 2.43. The van der Waals surface area contributed by atoms with Gasteiger partial charge < -0.3 is 10.1 Å². The van der Waals surface area contributed by atoms with Gasteiger partial charge in [-0.1, -0.05) is 41.8 Å². The molecule has 0 heterocycles. The van der Waals surface area contributed by atoms with Crippen LogP contribution in [0, 0.1) is 12.3 Å². The molecule has 24 heavy (non-hydrogen) atoms. The Morgan fingerprint density at radius 3 is 2.71 bits per heavy atom. The molecule has 0 saturated heterocycles. The van der Waals surface area contributed by atoms with E-state index in [4.69, 9.17) is 22.8 Å². The van der Waals surface area contributed by atoms with Crippen LogP contribution in [0.25, 0.3) is 0 Å². The lowest BCUT2D eigenvalue weighted by molar-refractivity contribution is 0.167. The van der Waals surface area contributed by atoms with Crippen molar-refractivity contribution in [2.24, 2.45) is 0 Å². The summed E-state index contributed by atoms with van der Waals surface area (Å²) in [4.78, 5) is 0. The van der Waals surface area contributed by atoms with Crippen molar-refractivity contribution in [1.82, 2.24) is 5.32 Å². The summed E-state index contributed by atoms with van der Waals surface area (Å²) in [6, 6.07) is 16.5. The van der Waals surface area contributed by atoms with E-state index in [2.05, 4.69) is 42.4 Å². The molecule has 0 amide bonds. The first-order chi connectivity index (χ1) is 11.6. The van der Waals surface area contributed by atoms with Gasteiger partial charge in [0.25, 0.3) is 0 Å². The monoisotopic (exact) mass is 339 g/mol. The molecule has 0 bridgehead atoms. The number of hydrogen-bond acceptors (Lipinski definition) is 2. The Balaban J connectivity index is 1.78. The number of ether oxygens (including phenoxy) is 1. The number of nitrogens with one attached hydrogen (secondary N) is 1. The lowest BCUT2D eigenvalue weighted by atomic mass is 9.71. The zero-order valence-corrected chi connectivity index (χ0v) is 14.6. The Labute approximate surface area is 149 Å². The fourth-order valence-electron chi connectivity index (χ4n) is 3.33. The van der Waals surface area contributed by atoms with Crippen molar-refractivity contribution in [3.05, 3.63) is 64.7 Å². The minimum atomic E-state index is 0.0139. The van der Waals surface area contributed by atoms with Crippen LogP contribution in [-0.4, -0.2) is 6.61 Å². The number of rotatable bonds is 6. The summed E-state index contributed by atoms with van der Waals surface area (Å²) in [5.41, 5.74) is 2.48. The SMILES string of the molecule is C#CCOc1cccc(C(C)NC2(c3cccc(Cl)c3)CCC2)c1.